The number of hydrogen-bond donors (Lipinski definition) is 1. The molecule has 2 rings (SSSR count). The molecule has 0 saturated carbocycles. The molecule has 0 saturated heterocycles. The monoisotopic (exact) mass is 231 g/mol. The van der Waals surface area contributed by atoms with E-state index in [0.29, 0.717) is 11.5 Å². The van der Waals surface area contributed by atoms with Crippen LogP contribution in [0.5, 0.6) is 0 Å². The molecule has 0 aromatic heterocycles. The van der Waals surface area contributed by atoms with Crippen molar-refractivity contribution in [1.82, 2.24) is 5.32 Å². The summed E-state index contributed by atoms with van der Waals surface area (Å²) in [5.74, 6) is -0.0752. The molecule has 1 atom stereocenters. The molecule has 2 amide bonds. The second kappa shape index (κ2) is 3.99. The van der Waals surface area contributed by atoms with E-state index in [1.807, 2.05) is 25.1 Å². The first kappa shape index (κ1) is 11.8. The van der Waals surface area contributed by atoms with Gasteiger partial charge in [0.2, 0.25) is 5.91 Å². The lowest BCUT2D eigenvalue weighted by Crippen LogP contribution is -2.51. The molecule has 1 aromatic carbocycles. The number of carbonyl (C=O) groups excluding carboxylic acids is 2. The fraction of sp³-hybridized carbons (Fsp3) is 0.429. The normalized spacial score (nSPS) is 23.5. The van der Waals surface area contributed by atoms with Gasteiger partial charge >= 0.3 is 0 Å². The Bertz CT molecular complexity index is 479. The molecule has 1 aliphatic rings. The number of hydrogen-bond acceptors (Lipinski definition) is 2. The summed E-state index contributed by atoms with van der Waals surface area (Å²) >= 11 is 0. The summed E-state index contributed by atoms with van der Waals surface area (Å²) in [6.45, 7) is 6.07. The summed E-state index contributed by atoms with van der Waals surface area (Å²) in [6, 6.07) is 7.36. The summed E-state index contributed by atoms with van der Waals surface area (Å²) in [4.78, 5) is 23.8. The highest BCUT2D eigenvalue weighted by Crippen LogP contribution is 2.36. The molecule has 1 aromatic rings. The van der Waals surface area contributed by atoms with Crippen molar-refractivity contribution in [3.05, 3.63) is 35.4 Å². The molecular formula is C14H17NO2. The lowest BCUT2D eigenvalue weighted by atomic mass is 9.71. The van der Waals surface area contributed by atoms with Gasteiger partial charge in [0.15, 0.2) is 0 Å². The smallest absolute Gasteiger partial charge is 0.258 e. The zero-order valence-corrected chi connectivity index (χ0v) is 10.4. The van der Waals surface area contributed by atoms with Gasteiger partial charge in [-0.15, -0.1) is 0 Å². The minimum Gasteiger partial charge on any atom is -0.292 e. The van der Waals surface area contributed by atoms with E-state index in [1.54, 1.807) is 6.07 Å². The maximum atomic E-state index is 12.1. The van der Waals surface area contributed by atoms with Crippen LogP contribution in [0.15, 0.2) is 24.3 Å². The Morgan fingerprint density at radius 1 is 1.24 bits per heavy atom. The van der Waals surface area contributed by atoms with Crippen molar-refractivity contribution in [3.63, 3.8) is 0 Å². The molecule has 3 nitrogen and oxygen atoms in total. The van der Waals surface area contributed by atoms with Gasteiger partial charge in [-0.2, -0.15) is 0 Å². The average molecular weight is 231 g/mol. The number of fused-ring (bicyclic) bond motifs is 1. The van der Waals surface area contributed by atoms with Gasteiger partial charge in [-0.25, -0.2) is 0 Å². The highest BCUT2D eigenvalue weighted by molar-refractivity contribution is 6.13. The van der Waals surface area contributed by atoms with Crippen LogP contribution >= 0.6 is 0 Å². The van der Waals surface area contributed by atoms with Crippen molar-refractivity contribution < 1.29 is 9.59 Å². The van der Waals surface area contributed by atoms with Crippen molar-refractivity contribution in [2.75, 3.05) is 0 Å². The Kier molecular flexibility index (Phi) is 2.77. The molecule has 0 unspecified atom stereocenters. The number of amides is 2. The Morgan fingerprint density at radius 2 is 1.88 bits per heavy atom. The SMILES string of the molecule is CC(C)C[C@@]1(C)C(=O)NC(=O)c2ccccc21. The van der Waals surface area contributed by atoms with Crippen molar-refractivity contribution in [3.8, 4) is 0 Å². The topological polar surface area (TPSA) is 46.2 Å². The highest BCUT2D eigenvalue weighted by Gasteiger charge is 2.42. The van der Waals surface area contributed by atoms with Gasteiger partial charge in [0.25, 0.3) is 5.91 Å². The van der Waals surface area contributed by atoms with Crippen LogP contribution in [0.4, 0.5) is 0 Å². The molecule has 1 heterocycles. The molecular weight excluding hydrogens is 214 g/mol. The lowest BCUT2D eigenvalue weighted by molar-refractivity contribution is -0.126. The summed E-state index contributed by atoms with van der Waals surface area (Å²) in [7, 11) is 0. The van der Waals surface area contributed by atoms with Crippen molar-refractivity contribution in [2.24, 2.45) is 5.92 Å². The Morgan fingerprint density at radius 3 is 2.53 bits per heavy atom. The number of rotatable bonds is 2. The van der Waals surface area contributed by atoms with Gasteiger partial charge in [-0.05, 0) is 30.9 Å². The largest absolute Gasteiger partial charge is 0.292 e. The van der Waals surface area contributed by atoms with Gasteiger partial charge in [-0.1, -0.05) is 32.0 Å². The predicted molar refractivity (Wildman–Crippen MR) is 65.7 cm³/mol. The molecule has 90 valence electrons. The zero-order chi connectivity index (χ0) is 12.6. The summed E-state index contributed by atoms with van der Waals surface area (Å²) in [5.41, 5.74) is 0.872. The molecule has 1 N–H and O–H groups in total. The first-order chi connectivity index (χ1) is 7.95. The van der Waals surface area contributed by atoms with Crippen LogP contribution in [0.3, 0.4) is 0 Å². The summed E-state index contributed by atoms with van der Waals surface area (Å²) in [6.07, 6.45) is 0.739. The van der Waals surface area contributed by atoms with Crippen LogP contribution in [-0.2, 0) is 10.2 Å². The molecule has 0 bridgehead atoms. The third kappa shape index (κ3) is 1.86. The lowest BCUT2D eigenvalue weighted by Gasteiger charge is -2.35. The standard InChI is InChI=1S/C14H17NO2/c1-9(2)8-14(3)11-7-5-4-6-10(11)12(16)15-13(14)17/h4-7,9H,8H2,1-3H3,(H,15,16,17)/t14-/m1/s1. The van der Waals surface area contributed by atoms with Crippen LogP contribution in [0.1, 0.15) is 43.1 Å². The van der Waals surface area contributed by atoms with Gasteiger partial charge in [0, 0.05) is 5.56 Å². The fourth-order valence-corrected chi connectivity index (χ4v) is 2.61. The first-order valence-corrected chi connectivity index (χ1v) is 5.90. The number of carbonyl (C=O) groups is 2. The van der Waals surface area contributed by atoms with E-state index in [2.05, 4.69) is 19.2 Å². The van der Waals surface area contributed by atoms with Crippen LogP contribution < -0.4 is 5.32 Å². The minimum absolute atomic E-state index is 0.185. The number of benzene rings is 1. The Hall–Kier alpha value is -1.64. The molecule has 0 spiro atoms. The zero-order valence-electron chi connectivity index (χ0n) is 10.4. The third-order valence-electron chi connectivity index (χ3n) is 3.31. The minimum atomic E-state index is -0.599. The quantitative estimate of drug-likeness (QED) is 0.793. The van der Waals surface area contributed by atoms with E-state index in [0.717, 1.165) is 12.0 Å². The maximum Gasteiger partial charge on any atom is 0.258 e. The highest BCUT2D eigenvalue weighted by atomic mass is 16.2. The average Bonchev–Trinajstić information content (AvgIpc) is 2.26. The fourth-order valence-electron chi connectivity index (χ4n) is 2.61. The second-order valence-corrected chi connectivity index (χ2v) is 5.26. The molecule has 17 heavy (non-hydrogen) atoms. The summed E-state index contributed by atoms with van der Waals surface area (Å²) < 4.78 is 0. The Balaban J connectivity index is 2.56. The van der Waals surface area contributed by atoms with Crippen molar-refractivity contribution >= 4 is 11.8 Å². The van der Waals surface area contributed by atoms with E-state index in [-0.39, 0.29) is 11.8 Å². The summed E-state index contributed by atoms with van der Waals surface area (Å²) in [5, 5.41) is 2.45. The van der Waals surface area contributed by atoms with Gasteiger partial charge in [-0.3, -0.25) is 14.9 Å². The van der Waals surface area contributed by atoms with Gasteiger partial charge in [0.05, 0.1) is 5.41 Å². The van der Waals surface area contributed by atoms with E-state index in [9.17, 15) is 9.59 Å². The molecule has 1 aliphatic heterocycles. The van der Waals surface area contributed by atoms with Crippen LogP contribution in [0.25, 0.3) is 0 Å². The second-order valence-electron chi connectivity index (χ2n) is 5.26. The van der Waals surface area contributed by atoms with E-state index in [1.165, 1.54) is 0 Å². The van der Waals surface area contributed by atoms with Crippen LogP contribution in [0.2, 0.25) is 0 Å². The van der Waals surface area contributed by atoms with Crippen LogP contribution in [0, 0.1) is 5.92 Å². The third-order valence-corrected chi connectivity index (χ3v) is 3.31. The predicted octanol–water partition coefficient (Wildman–Crippen LogP) is 2.26. The van der Waals surface area contributed by atoms with E-state index < -0.39 is 5.41 Å². The van der Waals surface area contributed by atoms with E-state index >= 15 is 0 Å². The number of imide groups is 1. The Labute approximate surface area is 101 Å². The molecule has 0 fully saturated rings. The number of nitrogens with one attached hydrogen (secondary N) is 1. The van der Waals surface area contributed by atoms with E-state index in [4.69, 9.17) is 0 Å². The van der Waals surface area contributed by atoms with Crippen LogP contribution in [-0.4, -0.2) is 11.8 Å². The molecule has 3 heteroatoms. The maximum absolute atomic E-state index is 12.1. The molecule has 0 radical (unpaired) electrons. The van der Waals surface area contributed by atoms with Crippen molar-refractivity contribution in [1.29, 1.82) is 0 Å². The van der Waals surface area contributed by atoms with Gasteiger partial charge in [0.1, 0.15) is 0 Å². The first-order valence-electron chi connectivity index (χ1n) is 5.90. The van der Waals surface area contributed by atoms with Crippen molar-refractivity contribution in [2.45, 2.75) is 32.6 Å². The molecule has 0 aliphatic carbocycles. The van der Waals surface area contributed by atoms with Gasteiger partial charge < -0.3 is 0 Å².